The Morgan fingerprint density at radius 1 is 1.55 bits per heavy atom. The predicted molar refractivity (Wildman–Crippen MR) is 44.4 cm³/mol. The second kappa shape index (κ2) is 3.75. The Kier molecular flexibility index (Phi) is 3.30. The fourth-order valence-corrected chi connectivity index (χ4v) is 0.476. The molecule has 11 heavy (non-hydrogen) atoms. The van der Waals surface area contributed by atoms with Crippen molar-refractivity contribution in [3.05, 3.63) is 11.8 Å². The molecule has 0 aromatic rings. The van der Waals surface area contributed by atoms with Crippen LogP contribution in [0, 0.1) is 5.41 Å². The van der Waals surface area contributed by atoms with Crippen LogP contribution in [0.15, 0.2) is 11.8 Å². The Morgan fingerprint density at radius 3 is 2.27 bits per heavy atom. The smallest absolute Gasteiger partial charge is 0.271 e. The monoisotopic (exact) mass is 155 g/mol. The topological polar surface area (TPSA) is 70.2 Å². The standard InChI is InChI=1S/C7H13N3O/c1-5(4-8)6(9)7(11)10(2)3/h4,9H,8H2,1-3H3/b5-4-,9-6?. The molecule has 0 aliphatic heterocycles. The highest BCUT2D eigenvalue weighted by molar-refractivity contribution is 6.43. The number of nitrogens with two attached hydrogens (primary N) is 1. The summed E-state index contributed by atoms with van der Waals surface area (Å²) in [5.74, 6) is -0.329. The molecule has 62 valence electrons. The van der Waals surface area contributed by atoms with Crippen molar-refractivity contribution in [1.82, 2.24) is 4.90 Å². The number of amides is 1. The molecular formula is C7H13N3O. The number of carbonyl (C=O) groups excluding carboxylic acids is 1. The third-order valence-corrected chi connectivity index (χ3v) is 1.26. The first-order valence-electron chi connectivity index (χ1n) is 3.19. The summed E-state index contributed by atoms with van der Waals surface area (Å²) < 4.78 is 0. The maximum Gasteiger partial charge on any atom is 0.271 e. The molecule has 0 rings (SSSR count). The molecule has 0 saturated carbocycles. The number of nitrogens with one attached hydrogen (secondary N) is 1. The van der Waals surface area contributed by atoms with Gasteiger partial charge in [0.1, 0.15) is 5.71 Å². The average Bonchev–Trinajstić information content (AvgIpc) is 2.00. The lowest BCUT2D eigenvalue weighted by molar-refractivity contribution is -0.121. The summed E-state index contributed by atoms with van der Waals surface area (Å²) in [5, 5.41) is 7.29. The molecule has 0 heterocycles. The highest BCUT2D eigenvalue weighted by atomic mass is 16.2. The van der Waals surface area contributed by atoms with Crippen LogP contribution in [0.4, 0.5) is 0 Å². The van der Waals surface area contributed by atoms with Gasteiger partial charge in [-0.3, -0.25) is 10.2 Å². The van der Waals surface area contributed by atoms with Gasteiger partial charge in [0.25, 0.3) is 5.91 Å². The number of carbonyl (C=O) groups is 1. The average molecular weight is 155 g/mol. The van der Waals surface area contributed by atoms with Crippen LogP contribution < -0.4 is 5.73 Å². The van der Waals surface area contributed by atoms with Crippen LogP contribution in [0.1, 0.15) is 6.92 Å². The van der Waals surface area contributed by atoms with Crippen molar-refractivity contribution < 1.29 is 4.79 Å². The lowest BCUT2D eigenvalue weighted by Crippen LogP contribution is -2.30. The summed E-state index contributed by atoms with van der Waals surface area (Å²) in [6.07, 6.45) is 1.25. The van der Waals surface area contributed by atoms with Crippen LogP contribution in [-0.2, 0) is 4.79 Å². The fourth-order valence-electron chi connectivity index (χ4n) is 0.476. The van der Waals surface area contributed by atoms with E-state index in [2.05, 4.69) is 0 Å². The summed E-state index contributed by atoms with van der Waals surface area (Å²) in [4.78, 5) is 12.4. The van der Waals surface area contributed by atoms with Crippen molar-refractivity contribution >= 4 is 11.6 Å². The minimum atomic E-state index is -0.329. The van der Waals surface area contributed by atoms with E-state index in [1.165, 1.54) is 11.1 Å². The summed E-state index contributed by atoms with van der Waals surface area (Å²) >= 11 is 0. The lowest BCUT2D eigenvalue weighted by atomic mass is 10.2. The zero-order valence-electron chi connectivity index (χ0n) is 7.01. The molecule has 0 aromatic heterocycles. The second-order valence-electron chi connectivity index (χ2n) is 2.42. The van der Waals surface area contributed by atoms with Gasteiger partial charge in [0.05, 0.1) is 0 Å². The van der Waals surface area contributed by atoms with E-state index in [1.54, 1.807) is 21.0 Å². The Morgan fingerprint density at radius 2 is 2.00 bits per heavy atom. The van der Waals surface area contributed by atoms with Crippen molar-refractivity contribution in [1.29, 1.82) is 5.41 Å². The van der Waals surface area contributed by atoms with Gasteiger partial charge < -0.3 is 10.6 Å². The molecule has 0 saturated heterocycles. The van der Waals surface area contributed by atoms with E-state index in [0.717, 1.165) is 0 Å². The second-order valence-corrected chi connectivity index (χ2v) is 2.42. The number of hydrogen-bond acceptors (Lipinski definition) is 3. The molecule has 4 heteroatoms. The van der Waals surface area contributed by atoms with Gasteiger partial charge in [0.2, 0.25) is 0 Å². The van der Waals surface area contributed by atoms with Crippen LogP contribution in [-0.4, -0.2) is 30.6 Å². The minimum Gasteiger partial charge on any atom is -0.404 e. The van der Waals surface area contributed by atoms with Crippen LogP contribution in [0.3, 0.4) is 0 Å². The predicted octanol–water partition coefficient (Wildman–Crippen LogP) is -0.0431. The largest absolute Gasteiger partial charge is 0.404 e. The third-order valence-electron chi connectivity index (χ3n) is 1.26. The number of hydrogen-bond donors (Lipinski definition) is 2. The van der Waals surface area contributed by atoms with Crippen molar-refractivity contribution in [2.24, 2.45) is 5.73 Å². The van der Waals surface area contributed by atoms with Crippen molar-refractivity contribution in [2.75, 3.05) is 14.1 Å². The Bertz CT molecular complexity index is 206. The summed E-state index contributed by atoms with van der Waals surface area (Å²) in [5.41, 5.74) is 5.57. The highest BCUT2D eigenvalue weighted by Gasteiger charge is 2.11. The first-order chi connectivity index (χ1) is 5.00. The minimum absolute atomic E-state index is 0.0579. The molecule has 1 amide bonds. The first kappa shape index (κ1) is 9.68. The SMILES string of the molecule is C/C(=C/N)C(=N)C(=O)N(C)C. The van der Waals surface area contributed by atoms with Crippen molar-refractivity contribution in [3.63, 3.8) is 0 Å². The molecule has 0 aliphatic rings. The van der Waals surface area contributed by atoms with Crippen LogP contribution in [0.5, 0.6) is 0 Å². The molecule has 0 spiro atoms. The molecule has 0 radical (unpaired) electrons. The van der Waals surface area contributed by atoms with Gasteiger partial charge in [-0.25, -0.2) is 0 Å². The van der Waals surface area contributed by atoms with Crippen molar-refractivity contribution in [3.8, 4) is 0 Å². The van der Waals surface area contributed by atoms with E-state index >= 15 is 0 Å². The Labute approximate surface area is 66.2 Å². The molecule has 0 bridgehead atoms. The van der Waals surface area contributed by atoms with E-state index < -0.39 is 0 Å². The Hall–Kier alpha value is -1.32. The van der Waals surface area contributed by atoms with Crippen LogP contribution >= 0.6 is 0 Å². The van der Waals surface area contributed by atoms with E-state index in [4.69, 9.17) is 11.1 Å². The van der Waals surface area contributed by atoms with E-state index in [9.17, 15) is 4.79 Å². The fraction of sp³-hybridized carbons (Fsp3) is 0.429. The number of rotatable bonds is 2. The molecule has 3 N–H and O–H groups in total. The molecule has 0 atom stereocenters. The van der Waals surface area contributed by atoms with Crippen LogP contribution in [0.2, 0.25) is 0 Å². The van der Waals surface area contributed by atoms with E-state index in [-0.39, 0.29) is 11.6 Å². The maximum atomic E-state index is 11.0. The molecular weight excluding hydrogens is 142 g/mol. The lowest BCUT2D eigenvalue weighted by Gasteiger charge is -2.10. The summed E-state index contributed by atoms with van der Waals surface area (Å²) in [6, 6.07) is 0. The molecule has 0 aromatic carbocycles. The van der Waals surface area contributed by atoms with Gasteiger partial charge in [-0.2, -0.15) is 0 Å². The van der Waals surface area contributed by atoms with E-state index in [1.807, 2.05) is 0 Å². The van der Waals surface area contributed by atoms with Gasteiger partial charge in [-0.05, 0) is 18.7 Å². The number of nitrogens with zero attached hydrogens (tertiary/aromatic N) is 1. The highest BCUT2D eigenvalue weighted by Crippen LogP contribution is 1.95. The van der Waals surface area contributed by atoms with Gasteiger partial charge in [-0.1, -0.05) is 0 Å². The normalized spacial score (nSPS) is 11.0. The van der Waals surface area contributed by atoms with Gasteiger partial charge in [0.15, 0.2) is 0 Å². The zero-order chi connectivity index (χ0) is 9.02. The third kappa shape index (κ3) is 2.41. The molecule has 0 aliphatic carbocycles. The maximum absolute atomic E-state index is 11.0. The first-order valence-corrected chi connectivity index (χ1v) is 3.19. The van der Waals surface area contributed by atoms with Gasteiger partial charge in [-0.15, -0.1) is 0 Å². The Balaban J connectivity index is 4.39. The summed E-state index contributed by atoms with van der Waals surface area (Å²) in [7, 11) is 3.20. The van der Waals surface area contributed by atoms with Gasteiger partial charge in [0, 0.05) is 14.1 Å². The quantitative estimate of drug-likeness (QED) is 0.549. The molecule has 4 nitrogen and oxygen atoms in total. The summed E-state index contributed by atoms with van der Waals surface area (Å²) in [6.45, 7) is 1.63. The zero-order valence-corrected chi connectivity index (χ0v) is 7.01. The molecule has 0 fully saturated rings. The van der Waals surface area contributed by atoms with Crippen LogP contribution in [0.25, 0.3) is 0 Å². The van der Waals surface area contributed by atoms with E-state index in [0.29, 0.717) is 5.57 Å². The van der Waals surface area contributed by atoms with Crippen molar-refractivity contribution in [2.45, 2.75) is 6.92 Å². The molecule has 0 unspecified atom stereocenters. The van der Waals surface area contributed by atoms with Gasteiger partial charge >= 0.3 is 0 Å².